The Morgan fingerprint density at radius 1 is 1.44 bits per heavy atom. The Morgan fingerprint density at radius 3 is 2.78 bits per heavy atom. The van der Waals surface area contributed by atoms with Crippen LogP contribution in [0.4, 0.5) is 0 Å². The Balaban J connectivity index is 2.69. The van der Waals surface area contributed by atoms with Crippen LogP contribution in [0, 0.1) is 11.8 Å². The van der Waals surface area contributed by atoms with Gasteiger partial charge in [0, 0.05) is 24.7 Å². The molecule has 18 heavy (non-hydrogen) atoms. The molecule has 0 spiro atoms. The lowest BCUT2D eigenvalue weighted by Gasteiger charge is -1.97. The van der Waals surface area contributed by atoms with Crippen molar-refractivity contribution in [3.05, 3.63) is 29.8 Å². The summed E-state index contributed by atoms with van der Waals surface area (Å²) in [5.41, 5.74) is 0.671. The van der Waals surface area contributed by atoms with E-state index < -0.39 is 9.84 Å². The van der Waals surface area contributed by atoms with E-state index in [-0.39, 0.29) is 9.95 Å². The van der Waals surface area contributed by atoms with Crippen molar-refractivity contribution >= 4 is 27.1 Å². The van der Waals surface area contributed by atoms with E-state index in [0.29, 0.717) is 24.8 Å². The number of aliphatic hydroxyl groups excluding tert-OH is 1. The molecule has 96 valence electrons. The third-order valence-electron chi connectivity index (χ3n) is 2.19. The molecule has 1 rings (SSSR count). The molecular formula is C13H14O3S2. The molecule has 1 N–H and O–H groups in total. The van der Waals surface area contributed by atoms with Crippen molar-refractivity contribution in [2.24, 2.45) is 0 Å². The fourth-order valence-electron chi connectivity index (χ4n) is 1.30. The van der Waals surface area contributed by atoms with Gasteiger partial charge in [0.2, 0.25) is 0 Å². The topological polar surface area (TPSA) is 54.4 Å². The Morgan fingerprint density at radius 2 is 2.17 bits per heavy atom. The third kappa shape index (κ3) is 5.30. The molecule has 0 radical (unpaired) electrons. The first kappa shape index (κ1) is 14.7. The molecule has 1 aromatic carbocycles. The van der Waals surface area contributed by atoms with Gasteiger partial charge < -0.3 is 5.11 Å². The average molecular weight is 282 g/mol. The van der Waals surface area contributed by atoms with Gasteiger partial charge in [-0.05, 0) is 36.8 Å². The molecule has 0 heterocycles. The van der Waals surface area contributed by atoms with Gasteiger partial charge in [-0.2, -0.15) is 0 Å². The van der Waals surface area contributed by atoms with Crippen molar-refractivity contribution in [1.82, 2.24) is 0 Å². The highest BCUT2D eigenvalue weighted by Crippen LogP contribution is 2.10. The third-order valence-corrected chi connectivity index (χ3v) is 3.50. The van der Waals surface area contributed by atoms with Crippen molar-refractivity contribution in [2.75, 3.05) is 6.26 Å². The standard InChI is InChI=1S/C13H14O3S2/c1-18(15,16)12-8-5-7-11(10-12)6-3-2-4-9-13(14)17/h5,7-8,10H,2,4,9H2,1H3,(H,14,17). The zero-order valence-electron chi connectivity index (χ0n) is 10.0. The summed E-state index contributed by atoms with van der Waals surface area (Å²) in [5.74, 6) is 5.81. The number of rotatable bonds is 4. The second-order valence-corrected chi connectivity index (χ2v) is 6.34. The highest BCUT2D eigenvalue weighted by atomic mass is 32.2. The lowest BCUT2D eigenvalue weighted by atomic mass is 10.2. The molecule has 3 nitrogen and oxygen atoms in total. The van der Waals surface area contributed by atoms with Crippen LogP contribution in [-0.2, 0) is 9.84 Å². The van der Waals surface area contributed by atoms with Gasteiger partial charge in [-0.15, -0.1) is 0 Å². The summed E-state index contributed by atoms with van der Waals surface area (Å²) in [7, 11) is -3.19. The molecule has 0 aliphatic carbocycles. The first-order chi connectivity index (χ1) is 8.39. The van der Waals surface area contributed by atoms with Gasteiger partial charge in [0.15, 0.2) is 14.9 Å². The van der Waals surface area contributed by atoms with Crippen LogP contribution >= 0.6 is 12.2 Å². The van der Waals surface area contributed by atoms with Crippen LogP contribution in [0.1, 0.15) is 24.8 Å². The van der Waals surface area contributed by atoms with E-state index in [4.69, 9.17) is 5.11 Å². The maximum atomic E-state index is 11.3. The Labute approximate surface area is 113 Å². The molecule has 0 atom stereocenters. The van der Waals surface area contributed by atoms with Crippen molar-refractivity contribution in [1.29, 1.82) is 0 Å². The minimum atomic E-state index is -3.19. The van der Waals surface area contributed by atoms with E-state index in [1.165, 1.54) is 6.26 Å². The summed E-state index contributed by atoms with van der Waals surface area (Å²) < 4.78 is 22.7. The monoisotopic (exact) mass is 282 g/mol. The van der Waals surface area contributed by atoms with E-state index in [1.54, 1.807) is 24.3 Å². The summed E-state index contributed by atoms with van der Waals surface area (Å²) in [4.78, 5) is 0.269. The predicted octanol–water partition coefficient (Wildman–Crippen LogP) is 2.50. The van der Waals surface area contributed by atoms with Crippen molar-refractivity contribution in [2.45, 2.75) is 24.2 Å². The molecular weight excluding hydrogens is 268 g/mol. The average Bonchev–Trinajstić information content (AvgIpc) is 2.27. The number of aliphatic hydroxyl groups is 1. The minimum Gasteiger partial charge on any atom is -0.502 e. The molecule has 1 aromatic rings. The van der Waals surface area contributed by atoms with Crippen molar-refractivity contribution in [3.8, 4) is 11.8 Å². The van der Waals surface area contributed by atoms with Gasteiger partial charge in [-0.1, -0.05) is 17.9 Å². The molecule has 0 aliphatic heterocycles. The largest absolute Gasteiger partial charge is 0.502 e. The fraction of sp³-hybridized carbons (Fsp3) is 0.308. The number of sulfone groups is 1. The molecule has 5 heteroatoms. The lowest BCUT2D eigenvalue weighted by molar-refractivity contribution is 0.544. The quantitative estimate of drug-likeness (QED) is 0.524. The number of hydrogen-bond acceptors (Lipinski definition) is 3. The van der Waals surface area contributed by atoms with Crippen LogP contribution in [0.25, 0.3) is 0 Å². The molecule has 0 aromatic heterocycles. The normalized spacial score (nSPS) is 10.5. The van der Waals surface area contributed by atoms with E-state index in [1.807, 2.05) is 0 Å². The summed E-state index contributed by atoms with van der Waals surface area (Å²) >= 11 is 4.54. The molecule has 0 fully saturated rings. The van der Waals surface area contributed by atoms with Crippen LogP contribution in [-0.4, -0.2) is 24.8 Å². The Kier molecular flexibility index (Phi) is 5.32. The van der Waals surface area contributed by atoms with Gasteiger partial charge in [-0.3, -0.25) is 0 Å². The van der Waals surface area contributed by atoms with E-state index in [2.05, 4.69) is 24.1 Å². The number of unbranched alkanes of at least 4 members (excludes halogenated alkanes) is 1. The highest BCUT2D eigenvalue weighted by molar-refractivity contribution is 7.90. The highest BCUT2D eigenvalue weighted by Gasteiger charge is 2.05. The minimum absolute atomic E-state index is 0.00382. The van der Waals surface area contributed by atoms with Crippen LogP contribution in [0.2, 0.25) is 0 Å². The first-order valence-corrected chi connectivity index (χ1v) is 7.70. The lowest BCUT2D eigenvalue weighted by Crippen LogP contribution is -1.96. The van der Waals surface area contributed by atoms with Crippen LogP contribution in [0.3, 0.4) is 0 Å². The van der Waals surface area contributed by atoms with Crippen LogP contribution in [0.15, 0.2) is 29.2 Å². The zero-order valence-corrected chi connectivity index (χ0v) is 11.6. The summed E-state index contributed by atoms with van der Waals surface area (Å²) in [5, 5.41) is 8.81. The summed E-state index contributed by atoms with van der Waals surface area (Å²) in [6, 6.07) is 6.53. The van der Waals surface area contributed by atoms with Crippen molar-refractivity contribution in [3.63, 3.8) is 0 Å². The van der Waals surface area contributed by atoms with Crippen molar-refractivity contribution < 1.29 is 13.5 Å². The fourth-order valence-corrected chi connectivity index (χ4v) is 2.11. The smallest absolute Gasteiger partial charge is 0.175 e. The molecule has 0 saturated heterocycles. The van der Waals surface area contributed by atoms with Gasteiger partial charge >= 0.3 is 0 Å². The van der Waals surface area contributed by atoms with Crippen LogP contribution < -0.4 is 0 Å². The van der Waals surface area contributed by atoms with Gasteiger partial charge in [-0.25, -0.2) is 8.42 Å². The zero-order chi connectivity index (χ0) is 13.6. The SMILES string of the molecule is CS(=O)(=O)c1cccc(C#CCCCC(O)=S)c1. The van der Waals surface area contributed by atoms with Gasteiger partial charge in [0.05, 0.1) is 4.90 Å². The molecule has 0 aliphatic rings. The number of hydrogen-bond donors (Lipinski definition) is 1. The molecule has 0 unspecified atom stereocenters. The summed E-state index contributed by atoms with van der Waals surface area (Å²) in [6.07, 6.45) is 2.95. The van der Waals surface area contributed by atoms with Gasteiger partial charge in [0.25, 0.3) is 0 Å². The molecule has 0 amide bonds. The Hall–Kier alpha value is -1.38. The molecule has 0 bridgehead atoms. The maximum absolute atomic E-state index is 11.3. The second kappa shape index (κ2) is 6.53. The summed E-state index contributed by atoms with van der Waals surface area (Å²) in [6.45, 7) is 0. The van der Waals surface area contributed by atoms with Crippen LogP contribution in [0.5, 0.6) is 0 Å². The van der Waals surface area contributed by atoms with Gasteiger partial charge in [0.1, 0.15) is 0 Å². The predicted molar refractivity (Wildman–Crippen MR) is 75.5 cm³/mol. The van der Waals surface area contributed by atoms with E-state index >= 15 is 0 Å². The number of benzene rings is 1. The maximum Gasteiger partial charge on any atom is 0.175 e. The van der Waals surface area contributed by atoms with E-state index in [0.717, 1.165) is 0 Å². The second-order valence-electron chi connectivity index (χ2n) is 3.85. The first-order valence-electron chi connectivity index (χ1n) is 5.40. The Bertz CT molecular complexity index is 592. The van der Waals surface area contributed by atoms with E-state index in [9.17, 15) is 8.42 Å². The number of thiocarbonyl (C=S) groups is 1. The molecule has 0 saturated carbocycles.